The van der Waals surface area contributed by atoms with Crippen LogP contribution in [0.5, 0.6) is 0 Å². The molecule has 0 unspecified atom stereocenters. The summed E-state index contributed by atoms with van der Waals surface area (Å²) in [7, 11) is 1.53. The highest BCUT2D eigenvalue weighted by Gasteiger charge is 2.23. The van der Waals surface area contributed by atoms with E-state index in [9.17, 15) is 14.4 Å². The normalized spacial score (nSPS) is 13.1. The molecule has 26 heavy (non-hydrogen) atoms. The molecular weight excluding hydrogens is 404 g/mol. The van der Waals surface area contributed by atoms with Gasteiger partial charge in [-0.25, -0.2) is 0 Å². The Kier molecular flexibility index (Phi) is 5.36. The van der Waals surface area contributed by atoms with Crippen molar-refractivity contribution in [1.29, 1.82) is 0 Å². The van der Waals surface area contributed by atoms with Crippen LogP contribution >= 0.6 is 15.9 Å². The summed E-state index contributed by atoms with van der Waals surface area (Å²) >= 11 is 3.31. The number of fused-ring (bicyclic) bond motifs is 1. The van der Waals surface area contributed by atoms with E-state index >= 15 is 0 Å². The van der Waals surface area contributed by atoms with Gasteiger partial charge in [-0.3, -0.25) is 14.4 Å². The van der Waals surface area contributed by atoms with E-state index < -0.39 is 0 Å². The third-order valence-electron chi connectivity index (χ3n) is 4.15. The lowest BCUT2D eigenvalue weighted by molar-refractivity contribution is -0.119. The molecule has 2 heterocycles. The number of hydrogen-bond acceptors (Lipinski definition) is 5. The van der Waals surface area contributed by atoms with Crippen LogP contribution in [0.15, 0.2) is 27.2 Å². The van der Waals surface area contributed by atoms with Gasteiger partial charge in [0.15, 0.2) is 0 Å². The van der Waals surface area contributed by atoms with Crippen molar-refractivity contribution >= 4 is 34.2 Å². The molecule has 0 aliphatic carbocycles. The summed E-state index contributed by atoms with van der Waals surface area (Å²) in [5.74, 6) is 0.132. The topological polar surface area (TPSA) is 105 Å². The SMILES string of the molecule is CNC(=O)c1cc(Br)cc(C(=O)NCc2noc3c2CN(C=O)CC3)c1. The van der Waals surface area contributed by atoms with Gasteiger partial charge in [-0.2, -0.15) is 0 Å². The first kappa shape index (κ1) is 18.1. The van der Waals surface area contributed by atoms with E-state index in [4.69, 9.17) is 4.52 Å². The third kappa shape index (κ3) is 3.77. The Bertz CT molecular complexity index is 864. The summed E-state index contributed by atoms with van der Waals surface area (Å²) in [5, 5.41) is 9.30. The first-order chi connectivity index (χ1) is 12.5. The molecule has 8 nitrogen and oxygen atoms in total. The summed E-state index contributed by atoms with van der Waals surface area (Å²) in [6.45, 7) is 1.19. The van der Waals surface area contributed by atoms with Gasteiger partial charge in [-0.1, -0.05) is 21.1 Å². The molecule has 0 saturated heterocycles. The smallest absolute Gasteiger partial charge is 0.251 e. The van der Waals surface area contributed by atoms with E-state index in [1.807, 2.05) is 0 Å². The molecule has 0 fully saturated rings. The van der Waals surface area contributed by atoms with Gasteiger partial charge in [-0.15, -0.1) is 0 Å². The fraction of sp³-hybridized carbons (Fsp3) is 0.294. The van der Waals surface area contributed by atoms with Crippen molar-refractivity contribution in [1.82, 2.24) is 20.7 Å². The number of amides is 3. The first-order valence-electron chi connectivity index (χ1n) is 7.98. The quantitative estimate of drug-likeness (QED) is 0.708. The van der Waals surface area contributed by atoms with Crippen molar-refractivity contribution in [2.75, 3.05) is 13.6 Å². The third-order valence-corrected chi connectivity index (χ3v) is 4.61. The zero-order chi connectivity index (χ0) is 18.7. The van der Waals surface area contributed by atoms with E-state index in [1.54, 1.807) is 17.0 Å². The summed E-state index contributed by atoms with van der Waals surface area (Å²) in [6, 6.07) is 4.79. The molecule has 0 bridgehead atoms. The number of aromatic nitrogens is 1. The Balaban J connectivity index is 1.72. The molecule has 1 aliphatic heterocycles. The number of nitrogens with one attached hydrogen (secondary N) is 2. The Morgan fingerprint density at radius 2 is 2.04 bits per heavy atom. The number of benzene rings is 1. The second kappa shape index (κ2) is 7.69. The second-order valence-corrected chi connectivity index (χ2v) is 6.76. The standard InChI is InChI=1S/C17H17BrN4O4/c1-19-16(24)10-4-11(6-12(18)5-10)17(25)20-7-14-13-8-22(9-23)3-2-15(13)26-21-14/h4-6,9H,2-3,7-8H2,1H3,(H,19,24)(H,20,25). The van der Waals surface area contributed by atoms with Crippen LogP contribution in [-0.2, 0) is 24.3 Å². The number of carbonyl (C=O) groups is 3. The monoisotopic (exact) mass is 420 g/mol. The van der Waals surface area contributed by atoms with Gasteiger partial charge in [0.1, 0.15) is 11.5 Å². The van der Waals surface area contributed by atoms with Gasteiger partial charge >= 0.3 is 0 Å². The van der Waals surface area contributed by atoms with Crippen molar-refractivity contribution in [3.05, 3.63) is 50.8 Å². The van der Waals surface area contributed by atoms with Crippen molar-refractivity contribution in [3.8, 4) is 0 Å². The lowest BCUT2D eigenvalue weighted by atomic mass is 10.1. The van der Waals surface area contributed by atoms with Gasteiger partial charge in [0, 0.05) is 41.2 Å². The van der Waals surface area contributed by atoms with Crippen molar-refractivity contribution in [2.45, 2.75) is 19.5 Å². The van der Waals surface area contributed by atoms with E-state index in [0.717, 1.165) is 17.7 Å². The maximum absolute atomic E-state index is 12.5. The van der Waals surface area contributed by atoms with Crippen LogP contribution < -0.4 is 10.6 Å². The molecule has 0 saturated carbocycles. The van der Waals surface area contributed by atoms with Crippen LogP contribution in [-0.4, -0.2) is 41.9 Å². The van der Waals surface area contributed by atoms with E-state index in [-0.39, 0.29) is 18.4 Å². The molecule has 1 aliphatic rings. The van der Waals surface area contributed by atoms with E-state index in [2.05, 4.69) is 31.7 Å². The molecule has 1 aromatic carbocycles. The molecular formula is C17H17BrN4O4. The van der Waals surface area contributed by atoms with Crippen LogP contribution in [0, 0.1) is 0 Å². The van der Waals surface area contributed by atoms with Crippen LogP contribution in [0.3, 0.4) is 0 Å². The predicted octanol–water partition coefficient (Wildman–Crippen LogP) is 1.24. The average molecular weight is 421 g/mol. The Morgan fingerprint density at radius 3 is 2.73 bits per heavy atom. The zero-order valence-electron chi connectivity index (χ0n) is 14.0. The zero-order valence-corrected chi connectivity index (χ0v) is 15.6. The average Bonchev–Trinajstić information content (AvgIpc) is 3.06. The highest BCUT2D eigenvalue weighted by atomic mass is 79.9. The fourth-order valence-corrected chi connectivity index (χ4v) is 3.27. The highest BCUT2D eigenvalue weighted by Crippen LogP contribution is 2.22. The number of halogens is 1. The maximum atomic E-state index is 12.5. The molecule has 136 valence electrons. The van der Waals surface area contributed by atoms with Gasteiger partial charge in [-0.05, 0) is 18.2 Å². The van der Waals surface area contributed by atoms with Crippen LogP contribution in [0.4, 0.5) is 0 Å². The minimum Gasteiger partial charge on any atom is -0.361 e. The molecule has 0 atom stereocenters. The molecule has 3 rings (SSSR count). The minimum atomic E-state index is -0.337. The molecule has 0 radical (unpaired) electrons. The lowest BCUT2D eigenvalue weighted by Crippen LogP contribution is -2.30. The number of carbonyl (C=O) groups excluding carboxylic acids is 3. The number of hydrogen-bond donors (Lipinski definition) is 2. The summed E-state index contributed by atoms with van der Waals surface area (Å²) in [4.78, 5) is 36.8. The van der Waals surface area contributed by atoms with Crippen LogP contribution in [0.2, 0.25) is 0 Å². The molecule has 2 aromatic rings. The minimum absolute atomic E-state index is 0.173. The Hall–Kier alpha value is -2.68. The Labute approximate surface area is 158 Å². The van der Waals surface area contributed by atoms with Gasteiger partial charge < -0.3 is 20.1 Å². The van der Waals surface area contributed by atoms with Crippen molar-refractivity contribution < 1.29 is 18.9 Å². The number of nitrogens with zero attached hydrogens (tertiary/aromatic N) is 2. The largest absolute Gasteiger partial charge is 0.361 e. The second-order valence-electron chi connectivity index (χ2n) is 5.85. The Morgan fingerprint density at radius 1 is 1.31 bits per heavy atom. The molecule has 1 aromatic heterocycles. The molecule has 3 amide bonds. The first-order valence-corrected chi connectivity index (χ1v) is 8.77. The summed E-state index contributed by atoms with van der Waals surface area (Å²) in [6.07, 6.45) is 1.40. The molecule has 0 spiro atoms. The van der Waals surface area contributed by atoms with Gasteiger partial charge in [0.2, 0.25) is 6.41 Å². The molecule has 2 N–H and O–H groups in total. The predicted molar refractivity (Wildman–Crippen MR) is 95.4 cm³/mol. The van der Waals surface area contributed by atoms with Crippen LogP contribution in [0.25, 0.3) is 0 Å². The lowest BCUT2D eigenvalue weighted by Gasteiger charge is -2.21. The number of rotatable bonds is 5. The maximum Gasteiger partial charge on any atom is 0.251 e. The summed E-state index contributed by atoms with van der Waals surface area (Å²) in [5.41, 5.74) is 2.17. The van der Waals surface area contributed by atoms with Crippen molar-refractivity contribution in [2.24, 2.45) is 0 Å². The fourth-order valence-electron chi connectivity index (χ4n) is 2.78. The van der Waals surface area contributed by atoms with E-state index in [0.29, 0.717) is 40.8 Å². The van der Waals surface area contributed by atoms with Crippen molar-refractivity contribution in [3.63, 3.8) is 0 Å². The van der Waals surface area contributed by atoms with E-state index in [1.165, 1.54) is 13.1 Å². The van der Waals surface area contributed by atoms with Gasteiger partial charge in [0.25, 0.3) is 11.8 Å². The highest BCUT2D eigenvalue weighted by molar-refractivity contribution is 9.10. The summed E-state index contributed by atoms with van der Waals surface area (Å²) < 4.78 is 5.93. The molecule has 9 heteroatoms. The van der Waals surface area contributed by atoms with Crippen LogP contribution in [0.1, 0.15) is 37.7 Å². The van der Waals surface area contributed by atoms with Gasteiger partial charge in [0.05, 0.1) is 13.1 Å².